The van der Waals surface area contributed by atoms with Gasteiger partial charge in [-0.3, -0.25) is 0 Å². The molecule has 4 nitrogen and oxygen atoms in total. The quantitative estimate of drug-likeness (QED) is 0.617. The predicted molar refractivity (Wildman–Crippen MR) is 87.4 cm³/mol. The first-order valence-electron chi connectivity index (χ1n) is 7.14. The average Bonchev–Trinajstić information content (AvgIpc) is 2.50. The van der Waals surface area contributed by atoms with Gasteiger partial charge in [0.1, 0.15) is 0 Å². The van der Waals surface area contributed by atoms with E-state index < -0.39 is 6.10 Å². The monoisotopic (exact) mass is 321 g/mol. The molecule has 2 rings (SSSR count). The van der Waals surface area contributed by atoms with Crippen LogP contribution in [0.2, 0.25) is 5.02 Å². The van der Waals surface area contributed by atoms with Crippen molar-refractivity contribution < 1.29 is 15.3 Å². The normalized spacial score (nSPS) is 13.8. The molecule has 5 heteroatoms. The van der Waals surface area contributed by atoms with Crippen molar-refractivity contribution >= 4 is 11.6 Å². The molecule has 0 fully saturated rings. The Morgan fingerprint density at radius 3 is 2.45 bits per heavy atom. The number of aromatic hydroxyl groups is 2. The Balaban J connectivity index is 1.91. The number of phenolic OH excluding ortho intramolecular Hbond substituents is 2. The van der Waals surface area contributed by atoms with Crippen LogP contribution in [-0.4, -0.2) is 27.9 Å². The lowest BCUT2D eigenvalue weighted by atomic mass is 10.1. The second-order valence-corrected chi connectivity index (χ2v) is 5.79. The first-order valence-corrected chi connectivity index (χ1v) is 7.52. The lowest BCUT2D eigenvalue weighted by Crippen LogP contribution is -2.32. The number of hydrogen-bond donors (Lipinski definition) is 4. The summed E-state index contributed by atoms with van der Waals surface area (Å²) in [7, 11) is 0. The molecule has 2 aromatic carbocycles. The van der Waals surface area contributed by atoms with E-state index in [1.165, 1.54) is 17.7 Å². The van der Waals surface area contributed by atoms with E-state index in [-0.39, 0.29) is 22.6 Å². The molecule has 0 bridgehead atoms. The van der Waals surface area contributed by atoms with Crippen molar-refractivity contribution in [2.24, 2.45) is 0 Å². The fourth-order valence-corrected chi connectivity index (χ4v) is 2.49. The van der Waals surface area contributed by atoms with Gasteiger partial charge in [-0.15, -0.1) is 0 Å². The van der Waals surface area contributed by atoms with E-state index in [0.717, 1.165) is 6.42 Å². The van der Waals surface area contributed by atoms with Crippen LogP contribution in [0, 0.1) is 0 Å². The van der Waals surface area contributed by atoms with Crippen molar-refractivity contribution in [3.05, 3.63) is 58.6 Å². The molecule has 0 aromatic heterocycles. The summed E-state index contributed by atoms with van der Waals surface area (Å²) < 4.78 is 0. The van der Waals surface area contributed by atoms with E-state index in [9.17, 15) is 15.3 Å². The molecule has 0 saturated heterocycles. The minimum Gasteiger partial charge on any atom is -0.504 e. The lowest BCUT2D eigenvalue weighted by Gasteiger charge is -2.18. The van der Waals surface area contributed by atoms with Crippen LogP contribution in [0.1, 0.15) is 24.2 Å². The van der Waals surface area contributed by atoms with Crippen molar-refractivity contribution in [2.75, 3.05) is 6.54 Å². The van der Waals surface area contributed by atoms with Crippen LogP contribution < -0.4 is 5.32 Å². The molecule has 0 radical (unpaired) electrons. The van der Waals surface area contributed by atoms with Gasteiger partial charge in [-0.1, -0.05) is 41.9 Å². The van der Waals surface area contributed by atoms with E-state index >= 15 is 0 Å². The number of rotatable bonds is 6. The summed E-state index contributed by atoms with van der Waals surface area (Å²) in [6, 6.07) is 13.1. The molecular formula is C17H20ClNO3. The smallest absolute Gasteiger partial charge is 0.176 e. The van der Waals surface area contributed by atoms with Crippen molar-refractivity contribution in [3.63, 3.8) is 0 Å². The highest BCUT2D eigenvalue weighted by atomic mass is 35.5. The number of benzene rings is 2. The van der Waals surface area contributed by atoms with Crippen LogP contribution in [0.3, 0.4) is 0 Å². The maximum Gasteiger partial charge on any atom is 0.176 e. The molecule has 0 aliphatic rings. The minimum atomic E-state index is -0.817. The van der Waals surface area contributed by atoms with Gasteiger partial charge in [-0.25, -0.2) is 0 Å². The van der Waals surface area contributed by atoms with Crippen LogP contribution >= 0.6 is 11.6 Å². The summed E-state index contributed by atoms with van der Waals surface area (Å²) in [4.78, 5) is 0. The molecule has 118 valence electrons. The van der Waals surface area contributed by atoms with E-state index in [4.69, 9.17) is 11.6 Å². The fraction of sp³-hybridized carbons (Fsp3) is 0.294. The van der Waals surface area contributed by atoms with Crippen molar-refractivity contribution in [3.8, 4) is 11.5 Å². The Hall–Kier alpha value is -1.75. The molecule has 2 unspecified atom stereocenters. The standard InChI is InChI=1S/C17H20ClNO3/c1-11(7-12-5-3-2-4-6-12)19-10-16(21)13-8-14(18)17(22)15(20)9-13/h2-6,8-9,11,16,19-22H,7,10H2,1H3. The number of aliphatic hydroxyl groups is 1. The van der Waals surface area contributed by atoms with Gasteiger partial charge >= 0.3 is 0 Å². The van der Waals surface area contributed by atoms with Crippen LogP contribution in [0.4, 0.5) is 0 Å². The highest BCUT2D eigenvalue weighted by Crippen LogP contribution is 2.35. The van der Waals surface area contributed by atoms with Gasteiger partial charge < -0.3 is 20.6 Å². The number of halogens is 1. The molecule has 22 heavy (non-hydrogen) atoms. The molecule has 2 atom stereocenters. The molecule has 0 heterocycles. The Morgan fingerprint density at radius 1 is 1.14 bits per heavy atom. The SMILES string of the molecule is CC(Cc1ccccc1)NCC(O)c1cc(O)c(O)c(Cl)c1. The number of nitrogens with one attached hydrogen (secondary N) is 1. The third-order valence-electron chi connectivity index (χ3n) is 3.49. The summed E-state index contributed by atoms with van der Waals surface area (Å²) in [5.74, 6) is -0.707. The molecule has 0 spiro atoms. The highest BCUT2D eigenvalue weighted by Gasteiger charge is 2.14. The third-order valence-corrected chi connectivity index (χ3v) is 3.78. The fourth-order valence-electron chi connectivity index (χ4n) is 2.27. The van der Waals surface area contributed by atoms with Gasteiger partial charge in [0, 0.05) is 12.6 Å². The number of aliphatic hydroxyl groups excluding tert-OH is 1. The molecule has 4 N–H and O–H groups in total. The molecule has 0 aliphatic heterocycles. The Bertz CT molecular complexity index is 596. The summed E-state index contributed by atoms with van der Waals surface area (Å²) in [6.45, 7) is 2.37. The maximum atomic E-state index is 10.2. The molecule has 2 aromatic rings. The molecular weight excluding hydrogens is 302 g/mol. The summed E-state index contributed by atoms with van der Waals surface area (Å²) in [6.07, 6.45) is 0.0389. The van der Waals surface area contributed by atoms with Gasteiger partial charge in [0.05, 0.1) is 11.1 Å². The molecule has 0 amide bonds. The second-order valence-electron chi connectivity index (χ2n) is 5.39. The zero-order valence-electron chi connectivity index (χ0n) is 12.3. The van der Waals surface area contributed by atoms with Gasteiger partial charge in [0.2, 0.25) is 0 Å². The van der Waals surface area contributed by atoms with E-state index in [1.54, 1.807) is 0 Å². The zero-order chi connectivity index (χ0) is 16.1. The van der Waals surface area contributed by atoms with Crippen molar-refractivity contribution in [1.82, 2.24) is 5.32 Å². The van der Waals surface area contributed by atoms with Crippen LogP contribution in [0.5, 0.6) is 11.5 Å². The topological polar surface area (TPSA) is 72.7 Å². The summed E-state index contributed by atoms with van der Waals surface area (Å²) in [5, 5.41) is 32.4. The highest BCUT2D eigenvalue weighted by molar-refractivity contribution is 6.32. The first kappa shape index (κ1) is 16.6. The van der Waals surface area contributed by atoms with Crippen LogP contribution in [-0.2, 0) is 6.42 Å². The Labute approximate surface area is 135 Å². The zero-order valence-corrected chi connectivity index (χ0v) is 13.1. The average molecular weight is 322 g/mol. The summed E-state index contributed by atoms with van der Waals surface area (Å²) >= 11 is 5.79. The molecule has 0 aliphatic carbocycles. The summed E-state index contributed by atoms with van der Waals surface area (Å²) in [5.41, 5.74) is 1.68. The number of phenols is 2. The predicted octanol–water partition coefficient (Wildman–Crippen LogP) is 3.01. The lowest BCUT2D eigenvalue weighted by molar-refractivity contribution is 0.170. The van der Waals surface area contributed by atoms with Crippen molar-refractivity contribution in [1.29, 1.82) is 0 Å². The van der Waals surface area contributed by atoms with Gasteiger partial charge in [-0.05, 0) is 36.6 Å². The number of hydrogen-bond acceptors (Lipinski definition) is 4. The van der Waals surface area contributed by atoms with Crippen LogP contribution in [0.25, 0.3) is 0 Å². The minimum absolute atomic E-state index is 0.0198. The second kappa shape index (κ2) is 7.49. The van der Waals surface area contributed by atoms with Gasteiger partial charge in [-0.2, -0.15) is 0 Å². The Morgan fingerprint density at radius 2 is 1.82 bits per heavy atom. The van der Waals surface area contributed by atoms with E-state index in [0.29, 0.717) is 12.1 Å². The van der Waals surface area contributed by atoms with Crippen LogP contribution in [0.15, 0.2) is 42.5 Å². The van der Waals surface area contributed by atoms with E-state index in [1.807, 2.05) is 25.1 Å². The van der Waals surface area contributed by atoms with Crippen molar-refractivity contribution in [2.45, 2.75) is 25.5 Å². The maximum absolute atomic E-state index is 10.2. The largest absolute Gasteiger partial charge is 0.504 e. The van der Waals surface area contributed by atoms with E-state index in [2.05, 4.69) is 17.4 Å². The third kappa shape index (κ3) is 4.37. The van der Waals surface area contributed by atoms with Gasteiger partial charge in [0.15, 0.2) is 11.5 Å². The van der Waals surface area contributed by atoms with Gasteiger partial charge in [0.25, 0.3) is 0 Å². The first-order chi connectivity index (χ1) is 10.5. The Kier molecular flexibility index (Phi) is 5.66. The molecule has 0 saturated carbocycles.